The Labute approximate surface area is 243 Å². The molecule has 4 aromatic rings. The minimum atomic E-state index is -0.464. The molecule has 0 aliphatic rings. The number of hydrogen-bond acceptors (Lipinski definition) is 7. The van der Waals surface area contributed by atoms with Gasteiger partial charge in [0.15, 0.2) is 0 Å². The third-order valence-electron chi connectivity index (χ3n) is 5.94. The maximum Gasteiger partial charge on any atom is 0.333 e. The van der Waals surface area contributed by atoms with Crippen LogP contribution in [0.5, 0.6) is 5.75 Å². The van der Waals surface area contributed by atoms with Gasteiger partial charge in [-0.3, -0.25) is 9.59 Å². The number of rotatable bonds is 11. The predicted octanol–water partition coefficient (Wildman–Crippen LogP) is 7.41. The highest BCUT2D eigenvalue weighted by atomic mass is 16.6. The topological polar surface area (TPSA) is 118 Å². The minimum Gasteiger partial charge on any atom is -0.490 e. The van der Waals surface area contributed by atoms with Crippen LogP contribution in [-0.2, 0) is 9.53 Å². The molecule has 2 N–H and O–H groups in total. The number of carbonyl (C=O) groups is 3. The van der Waals surface area contributed by atoms with E-state index in [-0.39, 0.29) is 25.0 Å². The molecule has 2 amide bonds. The van der Waals surface area contributed by atoms with E-state index in [1.54, 1.807) is 79.7 Å². The van der Waals surface area contributed by atoms with Crippen LogP contribution in [0.15, 0.2) is 119 Å². The predicted molar refractivity (Wildman–Crippen MR) is 162 cm³/mol. The van der Waals surface area contributed by atoms with E-state index in [2.05, 4.69) is 27.4 Å². The SMILES string of the molecule is C=C(C)C(=O)OCCOc1ccc(C(=O)Nc2ccc(N=Nc3ccc(NC(=O)c4ccccc4)cc3)c(C)c2)cc1. The van der Waals surface area contributed by atoms with Gasteiger partial charge in [-0.25, -0.2) is 4.79 Å². The van der Waals surface area contributed by atoms with Gasteiger partial charge in [0.25, 0.3) is 11.8 Å². The first-order valence-electron chi connectivity index (χ1n) is 13.1. The molecule has 0 atom stereocenters. The highest BCUT2D eigenvalue weighted by Crippen LogP contribution is 2.26. The molecule has 212 valence electrons. The first kappa shape index (κ1) is 29.4. The number of ether oxygens (including phenoxy) is 2. The average molecular weight is 563 g/mol. The summed E-state index contributed by atoms with van der Waals surface area (Å²) >= 11 is 0. The van der Waals surface area contributed by atoms with Crippen molar-refractivity contribution >= 4 is 40.5 Å². The fourth-order valence-corrected chi connectivity index (χ4v) is 3.68. The van der Waals surface area contributed by atoms with Crippen LogP contribution in [0.25, 0.3) is 0 Å². The Hall–Kier alpha value is -5.57. The van der Waals surface area contributed by atoms with Crippen molar-refractivity contribution in [2.75, 3.05) is 23.8 Å². The van der Waals surface area contributed by atoms with Gasteiger partial charge in [0.05, 0.1) is 11.4 Å². The number of esters is 1. The van der Waals surface area contributed by atoms with Crippen molar-refractivity contribution in [1.29, 1.82) is 0 Å². The smallest absolute Gasteiger partial charge is 0.333 e. The molecule has 0 heterocycles. The molecule has 0 fully saturated rings. The lowest BCUT2D eigenvalue weighted by atomic mass is 10.1. The van der Waals surface area contributed by atoms with Gasteiger partial charge in [0.2, 0.25) is 0 Å². The third kappa shape index (κ3) is 8.46. The second-order valence-corrected chi connectivity index (χ2v) is 9.31. The lowest BCUT2D eigenvalue weighted by Crippen LogP contribution is -2.13. The maximum absolute atomic E-state index is 12.7. The van der Waals surface area contributed by atoms with Gasteiger partial charge >= 0.3 is 5.97 Å². The highest BCUT2D eigenvalue weighted by molar-refractivity contribution is 6.05. The molecule has 42 heavy (non-hydrogen) atoms. The van der Waals surface area contributed by atoms with Crippen molar-refractivity contribution in [3.05, 3.63) is 126 Å². The number of hydrogen-bond donors (Lipinski definition) is 2. The molecule has 0 aliphatic heterocycles. The van der Waals surface area contributed by atoms with Crippen LogP contribution < -0.4 is 15.4 Å². The van der Waals surface area contributed by atoms with Crippen LogP contribution in [0.2, 0.25) is 0 Å². The summed E-state index contributed by atoms with van der Waals surface area (Å²) in [5.41, 5.74) is 4.76. The fourth-order valence-electron chi connectivity index (χ4n) is 3.68. The number of amides is 2. The zero-order valence-electron chi connectivity index (χ0n) is 23.3. The van der Waals surface area contributed by atoms with Crippen molar-refractivity contribution in [3.63, 3.8) is 0 Å². The Morgan fingerprint density at radius 2 is 1.36 bits per heavy atom. The third-order valence-corrected chi connectivity index (χ3v) is 5.94. The first-order chi connectivity index (χ1) is 20.3. The molecule has 0 aliphatic carbocycles. The van der Waals surface area contributed by atoms with Crippen LogP contribution in [0.1, 0.15) is 33.2 Å². The standard InChI is InChI=1S/C33H30N4O5/c1-22(2)33(40)42-20-19-41-29-16-9-25(10-17-29)32(39)35-28-15-18-30(23(3)21-28)37-36-27-13-11-26(12-14-27)34-31(38)24-7-5-4-6-8-24/h4-18,21H,1,19-20H2,2-3H3,(H,34,38)(H,35,39). The van der Waals surface area contributed by atoms with Crippen molar-refractivity contribution in [3.8, 4) is 5.75 Å². The summed E-state index contributed by atoms with van der Waals surface area (Å²) < 4.78 is 10.5. The molecule has 0 aromatic heterocycles. The van der Waals surface area contributed by atoms with E-state index < -0.39 is 5.97 Å². The van der Waals surface area contributed by atoms with Crippen molar-refractivity contribution in [2.45, 2.75) is 13.8 Å². The van der Waals surface area contributed by atoms with Crippen LogP contribution >= 0.6 is 0 Å². The zero-order chi connectivity index (χ0) is 29.9. The molecule has 9 nitrogen and oxygen atoms in total. The molecule has 0 spiro atoms. The van der Waals surface area contributed by atoms with Gasteiger partial charge in [-0.05, 0) is 98.3 Å². The summed E-state index contributed by atoms with van der Waals surface area (Å²) in [6, 6.07) is 28.1. The fraction of sp³-hybridized carbons (Fsp3) is 0.121. The van der Waals surface area contributed by atoms with E-state index in [0.29, 0.717) is 45.2 Å². The minimum absolute atomic E-state index is 0.101. The number of anilines is 2. The Balaban J connectivity index is 1.28. The molecule has 0 bridgehead atoms. The van der Waals surface area contributed by atoms with Gasteiger partial charge in [-0.15, -0.1) is 0 Å². The molecule has 0 saturated heterocycles. The van der Waals surface area contributed by atoms with Crippen molar-refractivity contribution in [1.82, 2.24) is 0 Å². The van der Waals surface area contributed by atoms with Crippen LogP contribution in [0, 0.1) is 6.92 Å². The van der Waals surface area contributed by atoms with E-state index >= 15 is 0 Å². The second-order valence-electron chi connectivity index (χ2n) is 9.31. The van der Waals surface area contributed by atoms with Crippen molar-refractivity contribution < 1.29 is 23.9 Å². The molecular formula is C33H30N4O5. The van der Waals surface area contributed by atoms with Gasteiger partial charge in [-0.1, -0.05) is 24.8 Å². The zero-order valence-corrected chi connectivity index (χ0v) is 23.3. The number of nitrogens with zero attached hydrogens (tertiary/aromatic N) is 2. The molecule has 0 saturated carbocycles. The van der Waals surface area contributed by atoms with E-state index in [0.717, 1.165) is 5.56 Å². The number of aryl methyl sites for hydroxylation is 1. The van der Waals surface area contributed by atoms with E-state index in [4.69, 9.17) is 9.47 Å². The quantitative estimate of drug-likeness (QED) is 0.0854. The number of azo groups is 1. The summed E-state index contributed by atoms with van der Waals surface area (Å²) in [6.07, 6.45) is 0. The Kier molecular flexibility index (Phi) is 9.93. The number of benzene rings is 4. The largest absolute Gasteiger partial charge is 0.490 e. The Morgan fingerprint density at radius 1 is 0.738 bits per heavy atom. The van der Waals surface area contributed by atoms with Crippen LogP contribution in [0.3, 0.4) is 0 Å². The molecular weight excluding hydrogens is 532 g/mol. The van der Waals surface area contributed by atoms with Gasteiger partial charge in [-0.2, -0.15) is 10.2 Å². The van der Waals surface area contributed by atoms with Crippen LogP contribution in [0.4, 0.5) is 22.7 Å². The van der Waals surface area contributed by atoms with Gasteiger partial charge in [0, 0.05) is 28.1 Å². The van der Waals surface area contributed by atoms with E-state index in [1.807, 2.05) is 31.2 Å². The molecule has 9 heteroatoms. The summed E-state index contributed by atoms with van der Waals surface area (Å²) in [5.74, 6) is -0.371. The maximum atomic E-state index is 12.7. The van der Waals surface area contributed by atoms with Gasteiger partial charge < -0.3 is 20.1 Å². The summed E-state index contributed by atoms with van der Waals surface area (Å²) in [4.78, 5) is 36.4. The van der Waals surface area contributed by atoms with Gasteiger partial charge in [0.1, 0.15) is 19.0 Å². The lowest BCUT2D eigenvalue weighted by Gasteiger charge is -2.09. The normalized spacial score (nSPS) is 10.6. The second kappa shape index (κ2) is 14.2. The molecule has 0 unspecified atom stereocenters. The molecule has 4 aromatic carbocycles. The van der Waals surface area contributed by atoms with E-state index in [9.17, 15) is 14.4 Å². The summed E-state index contributed by atoms with van der Waals surface area (Å²) in [5, 5.41) is 14.3. The molecule has 0 radical (unpaired) electrons. The summed E-state index contributed by atoms with van der Waals surface area (Å²) in [7, 11) is 0. The summed E-state index contributed by atoms with van der Waals surface area (Å²) in [6.45, 7) is 7.27. The number of carbonyl (C=O) groups excluding carboxylic acids is 3. The lowest BCUT2D eigenvalue weighted by molar-refractivity contribution is -0.139. The monoisotopic (exact) mass is 562 g/mol. The number of nitrogens with one attached hydrogen (secondary N) is 2. The first-order valence-corrected chi connectivity index (χ1v) is 13.1. The average Bonchev–Trinajstić information content (AvgIpc) is 3.00. The van der Waals surface area contributed by atoms with Crippen LogP contribution in [-0.4, -0.2) is 31.0 Å². The Morgan fingerprint density at radius 3 is 2.00 bits per heavy atom. The molecule has 4 rings (SSSR count). The van der Waals surface area contributed by atoms with E-state index in [1.165, 1.54) is 0 Å². The highest BCUT2D eigenvalue weighted by Gasteiger charge is 2.09. The Bertz CT molecular complexity index is 1600. The van der Waals surface area contributed by atoms with Crippen molar-refractivity contribution in [2.24, 2.45) is 10.2 Å².